The summed E-state index contributed by atoms with van der Waals surface area (Å²) in [7, 11) is 0. The fourth-order valence-corrected chi connectivity index (χ4v) is 1.29. The molecule has 17 heavy (non-hydrogen) atoms. The van der Waals surface area contributed by atoms with Crippen LogP contribution in [0.4, 0.5) is 13.2 Å². The number of aliphatic hydroxyl groups is 2. The quantitative estimate of drug-likeness (QED) is 0.674. The van der Waals surface area contributed by atoms with E-state index in [9.17, 15) is 28.2 Å². The Balaban J connectivity index is 2.99. The number of primary amides is 1. The highest BCUT2D eigenvalue weighted by Crippen LogP contribution is 2.24. The second-order valence-corrected chi connectivity index (χ2v) is 3.47. The molecule has 0 aromatic heterocycles. The van der Waals surface area contributed by atoms with Crippen LogP contribution in [0.15, 0.2) is 12.1 Å². The molecular weight excluding hydrogens is 239 g/mol. The van der Waals surface area contributed by atoms with E-state index >= 15 is 0 Å². The van der Waals surface area contributed by atoms with Crippen molar-refractivity contribution in [3.05, 3.63) is 35.1 Å². The first-order valence-electron chi connectivity index (χ1n) is 4.61. The van der Waals surface area contributed by atoms with E-state index in [0.717, 1.165) is 0 Å². The number of carbonyl (C=O) groups excluding carboxylic acids is 1. The highest BCUT2D eigenvalue weighted by atomic mass is 19.2. The largest absolute Gasteiger partial charge is 0.390 e. The molecule has 0 fully saturated rings. The van der Waals surface area contributed by atoms with Crippen LogP contribution in [0.25, 0.3) is 0 Å². The molecule has 0 aliphatic heterocycles. The van der Waals surface area contributed by atoms with Crippen LogP contribution in [0, 0.1) is 17.5 Å². The number of halogens is 3. The molecular formula is C10H10F3NO3. The van der Waals surface area contributed by atoms with Crippen LogP contribution in [0.2, 0.25) is 0 Å². The molecule has 1 amide bonds. The predicted octanol–water partition coefficient (Wildman–Crippen LogP) is 0.374. The Morgan fingerprint density at radius 3 is 2.24 bits per heavy atom. The Morgan fingerprint density at radius 1 is 1.18 bits per heavy atom. The summed E-state index contributed by atoms with van der Waals surface area (Å²) in [5.74, 6) is -4.92. The highest BCUT2D eigenvalue weighted by molar-refractivity contribution is 5.74. The van der Waals surface area contributed by atoms with Gasteiger partial charge in [0, 0.05) is 11.6 Å². The Bertz CT molecular complexity index is 439. The number of benzene rings is 1. The lowest BCUT2D eigenvalue weighted by molar-refractivity contribution is -0.121. The lowest BCUT2D eigenvalue weighted by Gasteiger charge is -2.17. The van der Waals surface area contributed by atoms with Crippen LogP contribution in [0.1, 0.15) is 18.1 Å². The first-order chi connectivity index (χ1) is 7.82. The van der Waals surface area contributed by atoms with E-state index in [2.05, 4.69) is 0 Å². The molecule has 1 rings (SSSR count). The van der Waals surface area contributed by atoms with E-state index in [1.807, 2.05) is 0 Å². The average molecular weight is 249 g/mol. The molecule has 94 valence electrons. The maximum absolute atomic E-state index is 13.2. The predicted molar refractivity (Wildman–Crippen MR) is 51.1 cm³/mol. The molecule has 7 heteroatoms. The van der Waals surface area contributed by atoms with Crippen LogP contribution in [-0.4, -0.2) is 22.2 Å². The van der Waals surface area contributed by atoms with E-state index in [-0.39, 0.29) is 6.07 Å². The van der Waals surface area contributed by atoms with Crippen molar-refractivity contribution in [1.29, 1.82) is 0 Å². The van der Waals surface area contributed by atoms with Gasteiger partial charge in [-0.3, -0.25) is 4.79 Å². The number of rotatable bonds is 4. The maximum Gasteiger partial charge on any atom is 0.220 e. The van der Waals surface area contributed by atoms with Crippen LogP contribution >= 0.6 is 0 Å². The van der Waals surface area contributed by atoms with Crippen molar-refractivity contribution in [1.82, 2.24) is 0 Å². The van der Waals surface area contributed by atoms with Gasteiger partial charge < -0.3 is 15.9 Å². The van der Waals surface area contributed by atoms with Gasteiger partial charge in [0.1, 0.15) is 11.9 Å². The molecule has 1 aromatic carbocycles. The van der Waals surface area contributed by atoms with E-state index in [1.165, 1.54) is 0 Å². The van der Waals surface area contributed by atoms with Crippen molar-refractivity contribution < 1.29 is 28.2 Å². The van der Waals surface area contributed by atoms with E-state index in [4.69, 9.17) is 5.73 Å². The highest BCUT2D eigenvalue weighted by Gasteiger charge is 2.24. The molecule has 0 aliphatic rings. The molecule has 0 radical (unpaired) electrons. The normalized spacial score (nSPS) is 14.4. The van der Waals surface area contributed by atoms with Crippen molar-refractivity contribution in [2.24, 2.45) is 5.73 Å². The van der Waals surface area contributed by atoms with Crippen LogP contribution < -0.4 is 5.73 Å². The Labute approximate surface area is 94.5 Å². The minimum atomic E-state index is -1.86. The number of hydrogen-bond donors (Lipinski definition) is 3. The standard InChI is InChI=1S/C10H10F3NO3/c11-5-2-7(13)6(12)1-4(5)10(17)8(15)3-9(14)16/h1-2,8,10,15,17H,3H2,(H2,14,16). The first-order valence-corrected chi connectivity index (χ1v) is 4.61. The molecule has 0 spiro atoms. The second-order valence-electron chi connectivity index (χ2n) is 3.47. The Morgan fingerprint density at radius 2 is 1.71 bits per heavy atom. The summed E-state index contributed by atoms with van der Waals surface area (Å²) in [5.41, 5.74) is 4.12. The van der Waals surface area contributed by atoms with Crippen molar-refractivity contribution in [2.45, 2.75) is 18.6 Å². The minimum Gasteiger partial charge on any atom is -0.390 e. The van der Waals surface area contributed by atoms with E-state index in [0.29, 0.717) is 6.07 Å². The van der Waals surface area contributed by atoms with Gasteiger partial charge in [-0.15, -0.1) is 0 Å². The monoisotopic (exact) mass is 249 g/mol. The van der Waals surface area contributed by atoms with Crippen molar-refractivity contribution in [3.63, 3.8) is 0 Å². The number of carbonyl (C=O) groups is 1. The van der Waals surface area contributed by atoms with Gasteiger partial charge in [0.15, 0.2) is 11.6 Å². The molecule has 0 aliphatic carbocycles. The summed E-state index contributed by atoms with van der Waals surface area (Å²) in [5, 5.41) is 18.7. The van der Waals surface area contributed by atoms with Crippen LogP contribution in [0.3, 0.4) is 0 Å². The van der Waals surface area contributed by atoms with Gasteiger partial charge in [-0.05, 0) is 6.07 Å². The van der Waals surface area contributed by atoms with E-state index < -0.39 is 47.6 Å². The third kappa shape index (κ3) is 3.18. The third-order valence-electron chi connectivity index (χ3n) is 2.13. The summed E-state index contributed by atoms with van der Waals surface area (Å²) in [6.45, 7) is 0. The topological polar surface area (TPSA) is 83.6 Å². The van der Waals surface area contributed by atoms with Crippen LogP contribution in [0.5, 0.6) is 0 Å². The fourth-order valence-electron chi connectivity index (χ4n) is 1.29. The Hall–Kier alpha value is -1.60. The Kier molecular flexibility index (Phi) is 4.08. The zero-order valence-corrected chi connectivity index (χ0v) is 8.53. The number of amides is 1. The van der Waals surface area contributed by atoms with Crippen molar-refractivity contribution >= 4 is 5.91 Å². The molecule has 0 saturated heterocycles. The summed E-state index contributed by atoms with van der Waals surface area (Å²) < 4.78 is 38.6. The van der Waals surface area contributed by atoms with Gasteiger partial charge in [0.05, 0.1) is 12.5 Å². The van der Waals surface area contributed by atoms with Gasteiger partial charge >= 0.3 is 0 Å². The summed E-state index contributed by atoms with van der Waals surface area (Å²) >= 11 is 0. The SMILES string of the molecule is NC(=O)CC(O)C(O)c1cc(F)c(F)cc1F. The first kappa shape index (κ1) is 13.5. The maximum atomic E-state index is 13.2. The lowest BCUT2D eigenvalue weighted by atomic mass is 10.0. The third-order valence-corrected chi connectivity index (χ3v) is 2.13. The van der Waals surface area contributed by atoms with E-state index in [1.54, 1.807) is 0 Å². The smallest absolute Gasteiger partial charge is 0.220 e. The zero-order chi connectivity index (χ0) is 13.2. The van der Waals surface area contributed by atoms with Crippen LogP contribution in [-0.2, 0) is 4.79 Å². The zero-order valence-electron chi connectivity index (χ0n) is 8.53. The molecule has 4 N–H and O–H groups in total. The lowest BCUT2D eigenvalue weighted by Crippen LogP contribution is -2.26. The van der Waals surface area contributed by atoms with Gasteiger partial charge in [-0.1, -0.05) is 0 Å². The molecule has 0 bridgehead atoms. The average Bonchev–Trinajstić information content (AvgIpc) is 2.21. The van der Waals surface area contributed by atoms with Crippen molar-refractivity contribution in [3.8, 4) is 0 Å². The fraction of sp³-hybridized carbons (Fsp3) is 0.300. The molecule has 1 aromatic rings. The van der Waals surface area contributed by atoms with Gasteiger partial charge in [0.25, 0.3) is 0 Å². The van der Waals surface area contributed by atoms with Crippen molar-refractivity contribution in [2.75, 3.05) is 0 Å². The van der Waals surface area contributed by atoms with Gasteiger partial charge in [0.2, 0.25) is 5.91 Å². The molecule has 4 nitrogen and oxygen atoms in total. The molecule has 0 heterocycles. The molecule has 2 unspecified atom stereocenters. The summed E-state index contributed by atoms with van der Waals surface area (Å²) in [4.78, 5) is 10.5. The second kappa shape index (κ2) is 5.15. The number of hydrogen-bond acceptors (Lipinski definition) is 3. The number of aliphatic hydroxyl groups excluding tert-OH is 2. The molecule has 0 saturated carbocycles. The summed E-state index contributed by atoms with van der Waals surface area (Å²) in [6, 6.07) is 0.657. The van der Waals surface area contributed by atoms with Gasteiger partial charge in [-0.25, -0.2) is 13.2 Å². The number of nitrogens with two attached hydrogens (primary N) is 1. The summed E-state index contributed by atoms with van der Waals surface area (Å²) in [6.07, 6.45) is -4.18. The minimum absolute atomic E-state index is 0.241. The molecule has 2 atom stereocenters. The van der Waals surface area contributed by atoms with Gasteiger partial charge in [-0.2, -0.15) is 0 Å².